The maximum atomic E-state index is 12.4. The van der Waals surface area contributed by atoms with Gasteiger partial charge in [-0.25, -0.2) is 4.70 Å². The first-order valence-corrected chi connectivity index (χ1v) is 22.4. The van der Waals surface area contributed by atoms with Crippen LogP contribution in [-0.2, 0) is 42.2 Å². The molecular weight excluding hydrogens is 851 g/mol. The van der Waals surface area contributed by atoms with E-state index in [1.807, 2.05) is 0 Å². The van der Waals surface area contributed by atoms with Gasteiger partial charge in [0, 0.05) is 35.1 Å². The summed E-state index contributed by atoms with van der Waals surface area (Å²) in [6, 6.07) is 11.7. The van der Waals surface area contributed by atoms with Gasteiger partial charge in [0.25, 0.3) is 0 Å². The second-order valence-electron chi connectivity index (χ2n) is 16.4. The summed E-state index contributed by atoms with van der Waals surface area (Å²) >= 11 is 0. The molecule has 0 saturated heterocycles. The van der Waals surface area contributed by atoms with Crippen molar-refractivity contribution in [3.05, 3.63) is 97.1 Å². The van der Waals surface area contributed by atoms with E-state index < -0.39 is 62.0 Å². The average Bonchev–Trinajstić information content (AvgIpc) is 3.54. The number of nitrogens with zero attached hydrogens (tertiary/aromatic N) is 4. The third kappa shape index (κ3) is 19.1. The Labute approximate surface area is 387 Å². The van der Waals surface area contributed by atoms with E-state index in [1.165, 1.54) is 15.8 Å². The Morgan fingerprint density at radius 1 is 0.460 bits per heavy atom. The van der Waals surface area contributed by atoms with Crippen molar-refractivity contribution in [3.8, 4) is 0 Å². The number of hydrogen-bond acceptors (Lipinski definition) is 10. The fourth-order valence-electron chi connectivity index (χ4n) is 7.43. The molecular formula is C48H80N4NiO10. The van der Waals surface area contributed by atoms with Crippen molar-refractivity contribution >= 4 is 11.4 Å². The first-order chi connectivity index (χ1) is 29.6. The number of aliphatic hydroxyl groups excluding tert-OH is 10. The van der Waals surface area contributed by atoms with Gasteiger partial charge in [-0.15, -0.1) is 0 Å². The Morgan fingerprint density at radius 3 is 1.03 bits per heavy atom. The summed E-state index contributed by atoms with van der Waals surface area (Å²) in [6.07, 6.45) is -3.49. The SMILES string of the molecule is CCCCC1=C(c2cc(CCCC)cc(CCCC)c2)[N+](=[N-])C(c2cc(CC(O)C(O)C(O)C(O)CO)cc(CC(O)C(O)C(O)C(O)CO)c2)=C1CCCC.C[N-]C.C[N-]C.[Ni+2]. The van der Waals surface area contributed by atoms with Gasteiger partial charge < -0.3 is 67.2 Å². The largest absolute Gasteiger partial charge is 2.00 e. The van der Waals surface area contributed by atoms with Gasteiger partial charge in [-0.2, -0.15) is 28.2 Å². The molecule has 2 aromatic carbocycles. The minimum Gasteiger partial charge on any atom is -0.668 e. The van der Waals surface area contributed by atoms with Gasteiger partial charge in [-0.3, -0.25) is 0 Å². The maximum absolute atomic E-state index is 12.4. The van der Waals surface area contributed by atoms with Crippen molar-refractivity contribution in [2.75, 3.05) is 41.4 Å². The van der Waals surface area contributed by atoms with E-state index in [2.05, 4.69) is 56.5 Å². The van der Waals surface area contributed by atoms with Crippen molar-refractivity contribution < 1.29 is 72.3 Å². The number of benzene rings is 2. The smallest absolute Gasteiger partial charge is 0.668 e. The predicted octanol–water partition coefficient (Wildman–Crippen LogP) is 5.12. The van der Waals surface area contributed by atoms with Gasteiger partial charge in [-0.05, 0) is 97.9 Å². The van der Waals surface area contributed by atoms with E-state index in [1.54, 1.807) is 46.4 Å². The molecule has 0 spiro atoms. The van der Waals surface area contributed by atoms with E-state index in [0.29, 0.717) is 40.9 Å². The van der Waals surface area contributed by atoms with E-state index >= 15 is 0 Å². The minimum absolute atomic E-state index is 0. The molecule has 0 bridgehead atoms. The summed E-state index contributed by atoms with van der Waals surface area (Å²) in [5.41, 5.74) is 20.4. The number of rotatable bonds is 26. The van der Waals surface area contributed by atoms with Crippen LogP contribution in [0.2, 0.25) is 0 Å². The van der Waals surface area contributed by atoms with Crippen LogP contribution in [0.5, 0.6) is 0 Å². The number of aryl methyl sites for hydroxylation is 2. The quantitative estimate of drug-likeness (QED) is 0.0440. The molecule has 0 amide bonds. The van der Waals surface area contributed by atoms with Gasteiger partial charge in [0.05, 0.1) is 25.4 Å². The fraction of sp³-hybridized carbons (Fsp3) is 0.667. The van der Waals surface area contributed by atoms with Crippen LogP contribution < -0.4 is 0 Å². The molecule has 8 atom stereocenters. The molecule has 1 aliphatic rings. The monoisotopic (exact) mass is 931 g/mol. The molecule has 0 fully saturated rings. The molecule has 14 nitrogen and oxygen atoms in total. The molecule has 3 rings (SSSR count). The first kappa shape index (κ1) is 60.5. The fourth-order valence-corrected chi connectivity index (χ4v) is 7.43. The van der Waals surface area contributed by atoms with Crippen LogP contribution in [0.15, 0.2) is 47.5 Å². The molecule has 10 N–H and O–H groups in total. The number of aliphatic hydroxyl groups is 10. The second-order valence-corrected chi connectivity index (χ2v) is 16.4. The van der Waals surface area contributed by atoms with Crippen molar-refractivity contribution in [2.24, 2.45) is 0 Å². The molecule has 0 saturated carbocycles. The molecule has 0 aliphatic carbocycles. The third-order valence-electron chi connectivity index (χ3n) is 10.8. The van der Waals surface area contributed by atoms with Crippen LogP contribution in [0.4, 0.5) is 0 Å². The third-order valence-corrected chi connectivity index (χ3v) is 10.8. The number of unbranched alkanes of at least 4 members (excludes halogenated alkanes) is 4. The minimum atomic E-state index is -1.84. The van der Waals surface area contributed by atoms with E-state index in [4.69, 9.17) is 0 Å². The summed E-state index contributed by atoms with van der Waals surface area (Å²) in [5, 5.41) is 110. The van der Waals surface area contributed by atoms with Gasteiger partial charge in [0.15, 0.2) is 0 Å². The van der Waals surface area contributed by atoms with Crippen molar-refractivity contribution in [1.29, 1.82) is 0 Å². The van der Waals surface area contributed by atoms with Crippen LogP contribution in [0.3, 0.4) is 0 Å². The Hall–Kier alpha value is -2.47. The van der Waals surface area contributed by atoms with Crippen molar-refractivity contribution in [3.63, 3.8) is 0 Å². The Kier molecular flexibility index (Phi) is 31.8. The van der Waals surface area contributed by atoms with E-state index in [-0.39, 0.29) is 29.3 Å². The zero-order valence-corrected chi connectivity index (χ0v) is 40.0. The average molecular weight is 932 g/mol. The summed E-state index contributed by atoms with van der Waals surface area (Å²) in [6.45, 7) is 6.89. The summed E-state index contributed by atoms with van der Waals surface area (Å²) in [4.78, 5) is 0. The van der Waals surface area contributed by atoms with Crippen LogP contribution >= 0.6 is 0 Å². The van der Waals surface area contributed by atoms with Crippen LogP contribution in [0.25, 0.3) is 27.6 Å². The topological polar surface area (TPSA) is 256 Å². The first-order valence-electron chi connectivity index (χ1n) is 22.4. The molecule has 0 aromatic heterocycles. The standard InChI is InChI=1S/C44H68N2O10.2C2H6N.Ni/c1-5-9-13-27-17-28(14-10-6-2)20-31(19-27)39-33(15-11-7-3)34(16-12-8-4)40(46(39)45)32-21-29(23-35(49)41(53)43(55)37(51)25-47)18-30(22-32)24-36(50)42(54)44(56)38(52)26-48;2*1-3-2;/h17-22,35-38,41-44,47-56H,5-16,23-26H2,1-4H3;2*1-2H3;/q;2*-1;+2. The summed E-state index contributed by atoms with van der Waals surface area (Å²) < 4.78 is 1.25. The number of hydrogen-bond donors (Lipinski definition) is 10. The van der Waals surface area contributed by atoms with Crippen LogP contribution in [0, 0.1) is 0 Å². The van der Waals surface area contributed by atoms with Gasteiger partial charge >= 0.3 is 16.5 Å². The zero-order valence-electron chi connectivity index (χ0n) is 39.0. The molecule has 1 heterocycles. The Morgan fingerprint density at radius 2 is 0.730 bits per heavy atom. The summed E-state index contributed by atoms with van der Waals surface area (Å²) in [5.74, 6) is 0. The van der Waals surface area contributed by atoms with Gasteiger partial charge in [0.1, 0.15) is 36.6 Å². The van der Waals surface area contributed by atoms with Crippen molar-refractivity contribution in [2.45, 2.75) is 166 Å². The molecule has 362 valence electrons. The molecule has 0 radical (unpaired) electrons. The normalized spacial score (nSPS) is 16.5. The van der Waals surface area contributed by atoms with Crippen molar-refractivity contribution in [1.82, 2.24) is 0 Å². The van der Waals surface area contributed by atoms with Gasteiger partial charge in [-0.1, -0.05) is 65.5 Å². The van der Waals surface area contributed by atoms with Crippen LogP contribution in [-0.4, -0.2) is 146 Å². The maximum Gasteiger partial charge on any atom is 2.00 e. The van der Waals surface area contributed by atoms with Crippen LogP contribution in [0.1, 0.15) is 125 Å². The Bertz CT molecular complexity index is 1580. The predicted molar refractivity (Wildman–Crippen MR) is 247 cm³/mol. The molecule has 1 aliphatic heterocycles. The van der Waals surface area contributed by atoms with Gasteiger partial charge in [0.2, 0.25) is 11.4 Å². The molecule has 8 unspecified atom stereocenters. The summed E-state index contributed by atoms with van der Waals surface area (Å²) in [7, 11) is 7.00. The molecule has 15 heteroatoms. The van der Waals surface area contributed by atoms with E-state index in [9.17, 15) is 56.6 Å². The second kappa shape index (κ2) is 33.1. The molecule has 2 aromatic rings. The molecule has 63 heavy (non-hydrogen) atoms. The zero-order chi connectivity index (χ0) is 46.9. The number of allylic oxidation sites excluding steroid dienone is 2. The Balaban J connectivity index is 0.00000518. The van der Waals surface area contributed by atoms with E-state index in [0.717, 1.165) is 80.9 Å².